The third-order valence-corrected chi connectivity index (χ3v) is 7.18. The highest BCUT2D eigenvalue weighted by atomic mass is 16.5. The number of fused-ring (bicyclic) bond motifs is 1. The number of hydrogen-bond donors (Lipinski definition) is 3. The second-order valence-electron chi connectivity index (χ2n) is 10.1. The van der Waals surface area contributed by atoms with Crippen LogP contribution in [0.4, 0.5) is 17.2 Å². The van der Waals surface area contributed by atoms with Gasteiger partial charge < -0.3 is 25.4 Å². The van der Waals surface area contributed by atoms with E-state index in [4.69, 9.17) is 9.47 Å². The van der Waals surface area contributed by atoms with Crippen molar-refractivity contribution >= 4 is 29.0 Å². The van der Waals surface area contributed by atoms with E-state index >= 15 is 0 Å². The van der Waals surface area contributed by atoms with E-state index < -0.39 is 6.04 Å². The number of amides is 2. The third kappa shape index (κ3) is 5.38. The zero-order valence-corrected chi connectivity index (χ0v) is 24.0. The van der Waals surface area contributed by atoms with Crippen molar-refractivity contribution in [2.24, 2.45) is 0 Å². The van der Waals surface area contributed by atoms with Gasteiger partial charge in [-0.25, -0.2) is 4.68 Å². The molecule has 1 aliphatic rings. The molecular formula is C32H33N5O4. The van der Waals surface area contributed by atoms with Crippen molar-refractivity contribution < 1.29 is 19.1 Å². The number of methoxy groups -OCH3 is 2. The first kappa shape index (κ1) is 27.5. The number of carbonyl (C=O) groups excluding carboxylic acids is 2. The van der Waals surface area contributed by atoms with E-state index in [1.165, 1.54) is 6.20 Å². The molecule has 1 atom stereocenters. The van der Waals surface area contributed by atoms with Gasteiger partial charge >= 0.3 is 0 Å². The van der Waals surface area contributed by atoms with E-state index in [-0.39, 0.29) is 11.8 Å². The topological polar surface area (TPSA) is 107 Å². The van der Waals surface area contributed by atoms with Crippen LogP contribution in [-0.4, -0.2) is 35.8 Å². The molecule has 0 fully saturated rings. The number of ether oxygens (including phenoxy) is 2. The van der Waals surface area contributed by atoms with Gasteiger partial charge in [0, 0.05) is 22.6 Å². The van der Waals surface area contributed by atoms with E-state index in [1.54, 1.807) is 31.0 Å². The minimum Gasteiger partial charge on any atom is -0.497 e. The van der Waals surface area contributed by atoms with Crippen LogP contribution in [0.3, 0.4) is 0 Å². The van der Waals surface area contributed by atoms with Crippen LogP contribution in [0, 0.1) is 20.8 Å². The Morgan fingerprint density at radius 3 is 2.27 bits per heavy atom. The Morgan fingerprint density at radius 1 is 0.854 bits per heavy atom. The molecule has 3 N–H and O–H groups in total. The molecule has 0 radical (unpaired) electrons. The average Bonchev–Trinajstić information content (AvgIpc) is 3.38. The number of nitrogens with one attached hydrogen (secondary N) is 3. The van der Waals surface area contributed by atoms with Gasteiger partial charge in [0.05, 0.1) is 26.0 Å². The lowest BCUT2D eigenvalue weighted by Gasteiger charge is -2.31. The summed E-state index contributed by atoms with van der Waals surface area (Å²) in [5.41, 5.74) is 6.54. The van der Waals surface area contributed by atoms with Crippen molar-refractivity contribution in [3.63, 3.8) is 0 Å². The second kappa shape index (κ2) is 11.2. The molecule has 5 rings (SSSR count). The summed E-state index contributed by atoms with van der Waals surface area (Å²) < 4.78 is 12.9. The number of hydrogen-bond acceptors (Lipinski definition) is 6. The number of benzene rings is 3. The molecule has 210 valence electrons. The first-order valence-corrected chi connectivity index (χ1v) is 13.2. The number of aromatic nitrogens is 2. The Labute approximate surface area is 239 Å². The Hall–Kier alpha value is -5.05. The van der Waals surface area contributed by atoms with Gasteiger partial charge in [-0.3, -0.25) is 9.59 Å². The minimum absolute atomic E-state index is 0.302. The molecule has 0 aliphatic carbocycles. The third-order valence-electron chi connectivity index (χ3n) is 7.18. The maximum Gasteiger partial charge on any atom is 0.261 e. The Kier molecular flexibility index (Phi) is 7.52. The molecule has 9 heteroatoms. The van der Waals surface area contributed by atoms with Crippen LogP contribution in [0.25, 0.3) is 0 Å². The van der Waals surface area contributed by atoms with Gasteiger partial charge in [-0.15, -0.1) is 0 Å². The summed E-state index contributed by atoms with van der Waals surface area (Å²) in [6.45, 7) is 7.76. The fraction of sp³-hybridized carbons (Fsp3) is 0.219. The number of aryl methyl sites for hydroxylation is 3. The molecule has 41 heavy (non-hydrogen) atoms. The fourth-order valence-corrected chi connectivity index (χ4v) is 5.03. The van der Waals surface area contributed by atoms with E-state index in [2.05, 4.69) is 21.0 Å². The molecule has 4 aromatic rings. The summed E-state index contributed by atoms with van der Waals surface area (Å²) in [5.74, 6) is 0.982. The van der Waals surface area contributed by atoms with Crippen LogP contribution >= 0.6 is 0 Å². The van der Waals surface area contributed by atoms with Crippen molar-refractivity contribution in [1.82, 2.24) is 9.78 Å². The molecule has 0 bridgehead atoms. The number of carbonyl (C=O) groups is 2. The summed E-state index contributed by atoms with van der Waals surface area (Å²) in [6.07, 6.45) is 1.50. The maximum atomic E-state index is 14.0. The van der Waals surface area contributed by atoms with Gasteiger partial charge in [0.25, 0.3) is 11.8 Å². The predicted molar refractivity (Wildman–Crippen MR) is 160 cm³/mol. The lowest BCUT2D eigenvalue weighted by atomic mass is 9.93. The monoisotopic (exact) mass is 551 g/mol. The Balaban J connectivity index is 1.60. The number of nitrogens with zero attached hydrogens (tertiary/aromatic N) is 2. The number of anilines is 3. The first-order chi connectivity index (χ1) is 19.7. The van der Waals surface area contributed by atoms with Gasteiger partial charge in [0.1, 0.15) is 28.9 Å². The van der Waals surface area contributed by atoms with Gasteiger partial charge in [-0.2, -0.15) is 5.10 Å². The molecule has 0 saturated heterocycles. The van der Waals surface area contributed by atoms with Crippen molar-refractivity contribution in [2.75, 3.05) is 30.2 Å². The highest BCUT2D eigenvalue weighted by molar-refractivity contribution is 6.09. The lowest BCUT2D eigenvalue weighted by Crippen LogP contribution is -2.32. The van der Waals surface area contributed by atoms with Crippen molar-refractivity contribution in [3.8, 4) is 11.5 Å². The Morgan fingerprint density at radius 2 is 1.59 bits per heavy atom. The van der Waals surface area contributed by atoms with Gasteiger partial charge in [0.15, 0.2) is 0 Å². The largest absolute Gasteiger partial charge is 0.497 e. The normalized spacial score (nSPS) is 14.1. The molecule has 3 aromatic carbocycles. The van der Waals surface area contributed by atoms with E-state index in [0.29, 0.717) is 51.1 Å². The van der Waals surface area contributed by atoms with E-state index in [0.717, 1.165) is 16.7 Å². The maximum absolute atomic E-state index is 14.0. The minimum atomic E-state index is -0.719. The summed E-state index contributed by atoms with van der Waals surface area (Å²) in [4.78, 5) is 27.4. The van der Waals surface area contributed by atoms with Crippen molar-refractivity contribution in [1.29, 1.82) is 0 Å². The van der Waals surface area contributed by atoms with Crippen LogP contribution in [0.2, 0.25) is 0 Å². The highest BCUT2D eigenvalue weighted by Crippen LogP contribution is 2.42. The summed E-state index contributed by atoms with van der Waals surface area (Å²) in [5, 5.41) is 13.9. The molecule has 1 aromatic heterocycles. The summed E-state index contributed by atoms with van der Waals surface area (Å²) in [7, 11) is 3.15. The van der Waals surface area contributed by atoms with Crippen LogP contribution in [-0.2, 0) is 4.79 Å². The fourth-order valence-electron chi connectivity index (χ4n) is 5.03. The van der Waals surface area contributed by atoms with Gasteiger partial charge in [-0.05, 0) is 69.7 Å². The molecule has 9 nitrogen and oxygen atoms in total. The predicted octanol–water partition coefficient (Wildman–Crippen LogP) is 6.01. The van der Waals surface area contributed by atoms with Crippen molar-refractivity contribution in [2.45, 2.75) is 33.7 Å². The molecule has 2 amide bonds. The molecule has 0 unspecified atom stereocenters. The van der Waals surface area contributed by atoms with Crippen LogP contribution in [0.15, 0.2) is 78.1 Å². The zero-order valence-electron chi connectivity index (χ0n) is 24.0. The number of rotatable bonds is 7. The van der Waals surface area contributed by atoms with Gasteiger partial charge in [-0.1, -0.05) is 35.4 Å². The SMILES string of the molecule is COc1ccc(OC)c([C@H]2C(C(=O)Nc3ccc(C)cc3C)=C(C)Nc3c(C(=O)Nc4ccc(C)cc4)cnn32)c1. The molecular weight excluding hydrogens is 518 g/mol. The number of allylic oxidation sites excluding steroid dienone is 1. The lowest BCUT2D eigenvalue weighted by molar-refractivity contribution is -0.113. The standard InChI is InChI=1S/C32H33N5O4/c1-18-7-10-22(11-8-18)35-31(38)25-17-33-37-29(24-16-23(40-5)12-14-27(24)41-6)28(21(4)34-30(25)37)32(39)36-26-13-9-19(2)15-20(26)3/h7-17,29,34H,1-6H3,(H,35,38)(H,36,39)/t29-/m0/s1. The van der Waals surface area contributed by atoms with E-state index in [1.807, 2.05) is 76.2 Å². The highest BCUT2D eigenvalue weighted by Gasteiger charge is 2.37. The van der Waals surface area contributed by atoms with Crippen LogP contribution in [0.5, 0.6) is 11.5 Å². The zero-order chi connectivity index (χ0) is 29.3. The van der Waals surface area contributed by atoms with Crippen LogP contribution in [0.1, 0.15) is 45.6 Å². The summed E-state index contributed by atoms with van der Waals surface area (Å²) in [6, 6.07) is 18.1. The average molecular weight is 552 g/mol. The van der Waals surface area contributed by atoms with Crippen LogP contribution < -0.4 is 25.4 Å². The molecule has 2 heterocycles. The van der Waals surface area contributed by atoms with Crippen molar-refractivity contribution in [3.05, 3.63) is 106 Å². The first-order valence-electron chi connectivity index (χ1n) is 13.2. The van der Waals surface area contributed by atoms with E-state index in [9.17, 15) is 9.59 Å². The molecule has 1 aliphatic heterocycles. The summed E-state index contributed by atoms with van der Waals surface area (Å²) >= 11 is 0. The molecule has 0 saturated carbocycles. The quantitative estimate of drug-likeness (QED) is 0.260. The Bertz CT molecular complexity index is 1670. The smallest absolute Gasteiger partial charge is 0.261 e. The molecule has 0 spiro atoms. The van der Waals surface area contributed by atoms with Gasteiger partial charge in [0.2, 0.25) is 0 Å². The second-order valence-corrected chi connectivity index (χ2v) is 10.1.